The number of nitrogens with one attached hydrogen (secondary N) is 2. The SMILES string of the molecule is COc1cc(C(C)=NNC(=O)C(=O)Nc2ccc(C)c(Cl)c2)ccc1OCc1ccc(C)cc1. The zero-order valence-corrected chi connectivity index (χ0v) is 20.2. The van der Waals surface area contributed by atoms with Crippen LogP contribution in [0.3, 0.4) is 0 Å². The molecule has 7 nitrogen and oxygen atoms in total. The molecule has 0 aliphatic heterocycles. The van der Waals surface area contributed by atoms with E-state index >= 15 is 0 Å². The van der Waals surface area contributed by atoms with Crippen LogP contribution < -0.4 is 20.2 Å². The number of carbonyl (C=O) groups is 2. The van der Waals surface area contributed by atoms with E-state index in [1.54, 1.807) is 50.4 Å². The van der Waals surface area contributed by atoms with Crippen LogP contribution in [0.2, 0.25) is 5.02 Å². The van der Waals surface area contributed by atoms with Gasteiger partial charge >= 0.3 is 11.8 Å². The van der Waals surface area contributed by atoms with Crippen molar-refractivity contribution in [3.05, 3.63) is 87.9 Å². The largest absolute Gasteiger partial charge is 0.493 e. The minimum Gasteiger partial charge on any atom is -0.493 e. The average Bonchev–Trinajstić information content (AvgIpc) is 2.84. The fraction of sp³-hybridized carbons (Fsp3) is 0.192. The second kappa shape index (κ2) is 11.3. The highest BCUT2D eigenvalue weighted by atomic mass is 35.5. The number of hydrogen-bond acceptors (Lipinski definition) is 5. The van der Waals surface area contributed by atoms with Crippen molar-refractivity contribution in [1.82, 2.24) is 5.43 Å². The Morgan fingerprint density at radius 3 is 2.35 bits per heavy atom. The Hall–Kier alpha value is -3.84. The smallest absolute Gasteiger partial charge is 0.329 e. The first kappa shape index (κ1) is 24.8. The molecule has 2 amide bonds. The van der Waals surface area contributed by atoms with Crippen LogP contribution in [-0.4, -0.2) is 24.6 Å². The number of rotatable bonds is 7. The number of carbonyl (C=O) groups excluding carboxylic acids is 2. The van der Waals surface area contributed by atoms with Crippen molar-refractivity contribution in [2.45, 2.75) is 27.4 Å². The summed E-state index contributed by atoms with van der Waals surface area (Å²) in [5.74, 6) is -0.644. The molecular formula is C26H26ClN3O4. The third-order valence-electron chi connectivity index (χ3n) is 5.06. The zero-order valence-electron chi connectivity index (χ0n) is 19.4. The monoisotopic (exact) mass is 479 g/mol. The van der Waals surface area contributed by atoms with Gasteiger partial charge in [0.2, 0.25) is 0 Å². The first-order valence-corrected chi connectivity index (χ1v) is 10.9. The van der Waals surface area contributed by atoms with Crippen LogP contribution in [0.4, 0.5) is 5.69 Å². The number of hydrazone groups is 1. The van der Waals surface area contributed by atoms with Crippen LogP contribution in [0.15, 0.2) is 65.8 Å². The van der Waals surface area contributed by atoms with Crippen LogP contribution in [0, 0.1) is 13.8 Å². The summed E-state index contributed by atoms with van der Waals surface area (Å²) >= 11 is 6.05. The maximum atomic E-state index is 12.1. The Bertz CT molecular complexity index is 1220. The summed E-state index contributed by atoms with van der Waals surface area (Å²) in [5.41, 5.74) is 6.97. The van der Waals surface area contributed by atoms with Crippen molar-refractivity contribution < 1.29 is 19.1 Å². The van der Waals surface area contributed by atoms with E-state index in [0.717, 1.165) is 11.1 Å². The van der Waals surface area contributed by atoms with Gasteiger partial charge in [-0.3, -0.25) is 9.59 Å². The normalized spacial score (nSPS) is 11.0. The first-order chi connectivity index (χ1) is 16.3. The maximum absolute atomic E-state index is 12.1. The molecule has 0 bridgehead atoms. The van der Waals surface area contributed by atoms with E-state index in [4.69, 9.17) is 21.1 Å². The van der Waals surface area contributed by atoms with E-state index in [1.165, 1.54) is 5.56 Å². The number of hydrogen-bond donors (Lipinski definition) is 2. The molecule has 0 atom stereocenters. The summed E-state index contributed by atoms with van der Waals surface area (Å²) in [6.45, 7) is 5.99. The van der Waals surface area contributed by atoms with Crippen molar-refractivity contribution >= 4 is 34.8 Å². The molecule has 176 valence electrons. The van der Waals surface area contributed by atoms with E-state index in [1.807, 2.05) is 38.1 Å². The van der Waals surface area contributed by atoms with Crippen LogP contribution in [0.1, 0.15) is 29.2 Å². The minimum absolute atomic E-state index is 0.403. The Labute approximate surface area is 203 Å². The lowest BCUT2D eigenvalue weighted by atomic mass is 10.1. The topological polar surface area (TPSA) is 89.0 Å². The predicted molar refractivity (Wildman–Crippen MR) is 134 cm³/mol. The van der Waals surface area contributed by atoms with Crippen molar-refractivity contribution in [1.29, 1.82) is 0 Å². The van der Waals surface area contributed by atoms with Gasteiger partial charge in [-0.25, -0.2) is 5.43 Å². The number of nitrogens with zero attached hydrogens (tertiary/aromatic N) is 1. The second-order valence-electron chi connectivity index (χ2n) is 7.70. The number of halogens is 1. The van der Waals surface area contributed by atoms with E-state index in [2.05, 4.69) is 15.8 Å². The lowest BCUT2D eigenvalue weighted by Crippen LogP contribution is -2.32. The standard InChI is InChI=1S/C26H26ClN3O4/c1-16-5-8-19(9-6-16)15-34-23-12-10-20(13-24(23)33-4)18(3)29-30-26(32)25(31)28-21-11-7-17(2)22(27)14-21/h5-14H,15H2,1-4H3,(H,28,31)(H,30,32). The molecule has 0 aromatic heterocycles. The van der Waals surface area contributed by atoms with E-state index in [-0.39, 0.29) is 0 Å². The Balaban J connectivity index is 1.62. The number of amides is 2. The third kappa shape index (κ3) is 6.59. The van der Waals surface area contributed by atoms with Crippen molar-refractivity contribution in [3.8, 4) is 11.5 Å². The molecular weight excluding hydrogens is 454 g/mol. The molecule has 0 radical (unpaired) electrons. The summed E-state index contributed by atoms with van der Waals surface area (Å²) in [6.07, 6.45) is 0. The van der Waals surface area contributed by atoms with E-state index in [9.17, 15) is 9.59 Å². The van der Waals surface area contributed by atoms with Crippen LogP contribution >= 0.6 is 11.6 Å². The molecule has 0 spiro atoms. The first-order valence-electron chi connectivity index (χ1n) is 10.6. The number of benzene rings is 3. The number of anilines is 1. The van der Waals surface area contributed by atoms with Gasteiger partial charge in [-0.05, 0) is 62.2 Å². The van der Waals surface area contributed by atoms with Gasteiger partial charge in [-0.15, -0.1) is 0 Å². The number of ether oxygens (including phenoxy) is 2. The second-order valence-corrected chi connectivity index (χ2v) is 8.10. The Kier molecular flexibility index (Phi) is 8.27. The highest BCUT2D eigenvalue weighted by Crippen LogP contribution is 2.29. The minimum atomic E-state index is -0.902. The summed E-state index contributed by atoms with van der Waals surface area (Å²) in [6, 6.07) is 18.4. The summed E-state index contributed by atoms with van der Waals surface area (Å²) in [5, 5.41) is 7.01. The molecule has 3 rings (SSSR count). The molecule has 2 N–H and O–H groups in total. The molecule has 0 heterocycles. The lowest BCUT2D eigenvalue weighted by Gasteiger charge is -2.12. The number of methoxy groups -OCH3 is 1. The van der Waals surface area contributed by atoms with Crippen molar-refractivity contribution in [2.75, 3.05) is 12.4 Å². The van der Waals surface area contributed by atoms with Gasteiger partial charge in [0, 0.05) is 16.3 Å². The third-order valence-corrected chi connectivity index (χ3v) is 5.46. The molecule has 0 aliphatic rings. The van der Waals surface area contributed by atoms with Crippen molar-refractivity contribution in [3.63, 3.8) is 0 Å². The van der Waals surface area contributed by atoms with Gasteiger partial charge in [-0.1, -0.05) is 47.5 Å². The van der Waals surface area contributed by atoms with Crippen LogP contribution in [-0.2, 0) is 16.2 Å². The van der Waals surface area contributed by atoms with Gasteiger partial charge in [0.25, 0.3) is 0 Å². The Morgan fingerprint density at radius 1 is 0.941 bits per heavy atom. The molecule has 3 aromatic rings. The van der Waals surface area contributed by atoms with Crippen LogP contribution in [0.5, 0.6) is 11.5 Å². The van der Waals surface area contributed by atoms with Gasteiger partial charge in [0.15, 0.2) is 11.5 Å². The fourth-order valence-corrected chi connectivity index (χ4v) is 3.15. The summed E-state index contributed by atoms with van der Waals surface area (Å²) in [7, 11) is 1.55. The molecule has 0 unspecified atom stereocenters. The Morgan fingerprint density at radius 2 is 1.68 bits per heavy atom. The quantitative estimate of drug-likeness (QED) is 0.283. The molecule has 0 fully saturated rings. The van der Waals surface area contributed by atoms with E-state index < -0.39 is 11.8 Å². The molecule has 3 aromatic carbocycles. The lowest BCUT2D eigenvalue weighted by molar-refractivity contribution is -0.136. The average molecular weight is 480 g/mol. The highest BCUT2D eigenvalue weighted by molar-refractivity contribution is 6.40. The zero-order chi connectivity index (χ0) is 24.7. The molecule has 34 heavy (non-hydrogen) atoms. The maximum Gasteiger partial charge on any atom is 0.329 e. The summed E-state index contributed by atoms with van der Waals surface area (Å²) < 4.78 is 11.3. The van der Waals surface area contributed by atoms with Crippen LogP contribution in [0.25, 0.3) is 0 Å². The fourth-order valence-electron chi connectivity index (χ4n) is 2.97. The van der Waals surface area contributed by atoms with Gasteiger partial charge in [0.05, 0.1) is 12.8 Å². The highest BCUT2D eigenvalue weighted by Gasteiger charge is 2.14. The predicted octanol–water partition coefficient (Wildman–Crippen LogP) is 5.02. The van der Waals surface area contributed by atoms with Gasteiger partial charge < -0.3 is 14.8 Å². The molecule has 0 saturated heterocycles. The number of aryl methyl sites for hydroxylation is 2. The van der Waals surface area contributed by atoms with Gasteiger partial charge in [0.1, 0.15) is 6.61 Å². The molecule has 0 aliphatic carbocycles. The molecule has 8 heteroatoms. The molecule has 0 saturated carbocycles. The van der Waals surface area contributed by atoms with Crippen molar-refractivity contribution in [2.24, 2.45) is 5.10 Å². The summed E-state index contributed by atoms with van der Waals surface area (Å²) in [4.78, 5) is 24.3. The van der Waals surface area contributed by atoms with Gasteiger partial charge in [-0.2, -0.15) is 5.10 Å². The van der Waals surface area contributed by atoms with E-state index in [0.29, 0.717) is 40.1 Å².